The molecule has 32 heavy (non-hydrogen) atoms. The van der Waals surface area contributed by atoms with Gasteiger partial charge in [-0.15, -0.1) is 10.2 Å². The van der Waals surface area contributed by atoms with E-state index in [1.165, 1.54) is 29.9 Å². The van der Waals surface area contributed by atoms with Crippen LogP contribution in [0.1, 0.15) is 23.7 Å². The Morgan fingerprint density at radius 1 is 1.16 bits per heavy atom. The van der Waals surface area contributed by atoms with E-state index in [0.717, 1.165) is 6.42 Å². The maximum Gasteiger partial charge on any atom is 0.336 e. The smallest absolute Gasteiger partial charge is 0.336 e. The van der Waals surface area contributed by atoms with E-state index in [1.54, 1.807) is 24.3 Å². The number of nitrogens with zero attached hydrogens (tertiary/aromatic N) is 5. The molecule has 1 saturated heterocycles. The lowest BCUT2D eigenvalue weighted by molar-refractivity contribution is -0.119. The summed E-state index contributed by atoms with van der Waals surface area (Å²) in [6.45, 7) is 2.68. The molecular weight excluding hydrogens is 415 g/mol. The minimum atomic E-state index is -1.11. The van der Waals surface area contributed by atoms with Gasteiger partial charge in [0.15, 0.2) is 0 Å². The van der Waals surface area contributed by atoms with Crippen LogP contribution in [0.15, 0.2) is 42.5 Å². The van der Waals surface area contributed by atoms with Crippen LogP contribution >= 0.6 is 0 Å². The maximum atomic E-state index is 13.6. The molecule has 2 aromatic heterocycles. The van der Waals surface area contributed by atoms with Gasteiger partial charge in [0.1, 0.15) is 22.7 Å². The number of nitrogens with one attached hydrogen (secondary N) is 1. The van der Waals surface area contributed by atoms with Gasteiger partial charge in [-0.3, -0.25) is 4.79 Å². The Balaban J connectivity index is 1.62. The third kappa shape index (κ3) is 3.49. The van der Waals surface area contributed by atoms with Crippen LogP contribution in [0, 0.1) is 5.82 Å². The van der Waals surface area contributed by atoms with Crippen LogP contribution in [-0.2, 0) is 4.79 Å². The average molecular weight is 434 g/mol. The van der Waals surface area contributed by atoms with Gasteiger partial charge in [0.05, 0.1) is 16.8 Å². The van der Waals surface area contributed by atoms with Crippen LogP contribution in [0.2, 0.25) is 0 Å². The number of carboxylic acids is 1. The van der Waals surface area contributed by atoms with Gasteiger partial charge in [-0.1, -0.05) is 6.07 Å². The molecule has 5 rings (SSSR count). The highest BCUT2D eigenvalue weighted by molar-refractivity contribution is 6.13. The lowest BCUT2D eigenvalue weighted by Gasteiger charge is -2.19. The molecule has 0 aliphatic carbocycles. The molecule has 1 aliphatic rings. The fourth-order valence-corrected chi connectivity index (χ4v) is 4.11. The Kier molecular flexibility index (Phi) is 4.69. The molecule has 2 aromatic carbocycles. The van der Waals surface area contributed by atoms with Crippen LogP contribution < -0.4 is 10.2 Å². The van der Waals surface area contributed by atoms with Crippen LogP contribution in [0.5, 0.6) is 0 Å². The van der Waals surface area contributed by atoms with E-state index in [2.05, 4.69) is 20.5 Å². The SMILES string of the molecule is CC(=O)N[C@H]1CCN(c2cc(C(=O)O)c3c(ccc4nn(-c5cccc(F)c5)nc43)n2)C1. The molecule has 9 nitrogen and oxygen atoms in total. The number of aromatic nitrogens is 4. The second kappa shape index (κ2) is 7.56. The monoisotopic (exact) mass is 434 g/mol. The Hall–Kier alpha value is -4.08. The van der Waals surface area contributed by atoms with E-state index < -0.39 is 11.8 Å². The number of carboxylic acid groups (broad SMARTS) is 1. The number of halogens is 1. The number of aromatic carboxylic acids is 1. The number of fused-ring (bicyclic) bond motifs is 3. The van der Waals surface area contributed by atoms with Gasteiger partial charge < -0.3 is 15.3 Å². The summed E-state index contributed by atoms with van der Waals surface area (Å²) in [7, 11) is 0. The predicted molar refractivity (Wildman–Crippen MR) is 116 cm³/mol. The highest BCUT2D eigenvalue weighted by Gasteiger charge is 2.26. The zero-order valence-electron chi connectivity index (χ0n) is 17.1. The van der Waals surface area contributed by atoms with Crippen molar-refractivity contribution in [2.75, 3.05) is 18.0 Å². The summed E-state index contributed by atoms with van der Waals surface area (Å²) in [4.78, 5) is 31.4. The molecule has 162 valence electrons. The Bertz CT molecular complexity index is 1390. The first-order chi connectivity index (χ1) is 15.4. The maximum absolute atomic E-state index is 13.6. The summed E-state index contributed by atoms with van der Waals surface area (Å²) in [6, 6.07) is 10.8. The topological polar surface area (TPSA) is 113 Å². The van der Waals surface area contributed by atoms with Gasteiger partial charge >= 0.3 is 5.97 Å². The van der Waals surface area contributed by atoms with Crippen LogP contribution in [0.3, 0.4) is 0 Å². The van der Waals surface area contributed by atoms with E-state index in [4.69, 9.17) is 0 Å². The van der Waals surface area contributed by atoms with E-state index in [1.807, 2.05) is 4.90 Å². The van der Waals surface area contributed by atoms with Gasteiger partial charge in [0, 0.05) is 37.5 Å². The van der Waals surface area contributed by atoms with E-state index in [-0.39, 0.29) is 17.5 Å². The van der Waals surface area contributed by atoms with Crippen molar-refractivity contribution >= 4 is 39.6 Å². The molecule has 0 unspecified atom stereocenters. The second-order valence-electron chi connectivity index (χ2n) is 7.76. The first-order valence-corrected chi connectivity index (χ1v) is 10.1. The van der Waals surface area contributed by atoms with Crippen molar-refractivity contribution in [3.63, 3.8) is 0 Å². The van der Waals surface area contributed by atoms with Crippen molar-refractivity contribution in [2.45, 2.75) is 19.4 Å². The second-order valence-corrected chi connectivity index (χ2v) is 7.76. The fraction of sp³-hybridized carbons (Fsp3) is 0.227. The minimum absolute atomic E-state index is 0.00748. The third-order valence-electron chi connectivity index (χ3n) is 5.50. The number of anilines is 1. The average Bonchev–Trinajstić information content (AvgIpc) is 3.39. The molecule has 1 atom stereocenters. The zero-order chi connectivity index (χ0) is 22.4. The molecule has 0 bridgehead atoms. The quantitative estimate of drug-likeness (QED) is 0.507. The number of benzene rings is 2. The number of amides is 1. The summed E-state index contributed by atoms with van der Waals surface area (Å²) in [6.07, 6.45) is 0.753. The molecule has 0 saturated carbocycles. The molecular formula is C22H19FN6O3. The number of rotatable bonds is 4. The summed E-state index contributed by atoms with van der Waals surface area (Å²) < 4.78 is 13.6. The normalized spacial score (nSPS) is 16.1. The lowest BCUT2D eigenvalue weighted by atomic mass is 10.1. The minimum Gasteiger partial charge on any atom is -0.478 e. The largest absolute Gasteiger partial charge is 0.478 e. The summed E-state index contributed by atoms with van der Waals surface area (Å²) in [5, 5.41) is 22.0. The standard InChI is InChI=1S/C22H19FN6O3/c1-12(30)24-14-7-8-28(11-14)19-10-16(22(31)32)20-17(25-19)5-6-18-21(20)27-29(26-18)15-4-2-3-13(23)9-15/h2-6,9-10,14H,7-8,11H2,1H3,(H,24,30)(H,31,32)/t14-/m0/s1. The fourth-order valence-electron chi connectivity index (χ4n) is 4.11. The van der Waals surface area contributed by atoms with Crippen LogP contribution in [0.25, 0.3) is 27.6 Å². The van der Waals surface area contributed by atoms with Crippen molar-refractivity contribution in [1.82, 2.24) is 25.3 Å². The molecule has 0 radical (unpaired) electrons. The van der Waals surface area contributed by atoms with Crippen LogP contribution in [-0.4, -0.2) is 56.1 Å². The van der Waals surface area contributed by atoms with Gasteiger partial charge in [0.2, 0.25) is 5.91 Å². The van der Waals surface area contributed by atoms with E-state index >= 15 is 0 Å². The van der Waals surface area contributed by atoms with E-state index in [9.17, 15) is 19.1 Å². The first-order valence-electron chi connectivity index (χ1n) is 10.1. The number of pyridine rings is 1. The Morgan fingerprint density at radius 3 is 2.72 bits per heavy atom. The summed E-state index contributed by atoms with van der Waals surface area (Å²) in [5.74, 6) is -1.10. The van der Waals surface area contributed by atoms with Crippen LogP contribution in [0.4, 0.5) is 10.2 Å². The van der Waals surface area contributed by atoms with Gasteiger partial charge in [-0.25, -0.2) is 14.2 Å². The van der Waals surface area contributed by atoms with Crippen molar-refractivity contribution in [2.24, 2.45) is 0 Å². The predicted octanol–water partition coefficient (Wildman–Crippen LogP) is 2.52. The van der Waals surface area contributed by atoms with Gasteiger partial charge in [0.25, 0.3) is 0 Å². The zero-order valence-corrected chi connectivity index (χ0v) is 17.1. The van der Waals surface area contributed by atoms with Crippen molar-refractivity contribution in [1.29, 1.82) is 0 Å². The summed E-state index contributed by atoms with van der Waals surface area (Å²) in [5.41, 5.74) is 1.81. The highest BCUT2D eigenvalue weighted by atomic mass is 19.1. The molecule has 10 heteroatoms. The van der Waals surface area contributed by atoms with Crippen molar-refractivity contribution in [3.05, 3.63) is 53.8 Å². The number of hydrogen-bond acceptors (Lipinski definition) is 6. The molecule has 3 heterocycles. The molecule has 1 aliphatic heterocycles. The molecule has 4 aromatic rings. The lowest BCUT2D eigenvalue weighted by Crippen LogP contribution is -2.35. The first kappa shape index (κ1) is 19.9. The number of carbonyl (C=O) groups excluding carboxylic acids is 1. The summed E-state index contributed by atoms with van der Waals surface area (Å²) >= 11 is 0. The Labute approximate surface area is 181 Å². The third-order valence-corrected chi connectivity index (χ3v) is 5.50. The molecule has 1 amide bonds. The van der Waals surface area contributed by atoms with Crippen molar-refractivity contribution < 1.29 is 19.1 Å². The van der Waals surface area contributed by atoms with Gasteiger partial charge in [-0.05, 0) is 36.8 Å². The number of hydrogen-bond donors (Lipinski definition) is 2. The van der Waals surface area contributed by atoms with E-state index in [0.29, 0.717) is 46.5 Å². The molecule has 1 fully saturated rings. The van der Waals surface area contributed by atoms with Crippen molar-refractivity contribution in [3.8, 4) is 5.69 Å². The highest BCUT2D eigenvalue weighted by Crippen LogP contribution is 2.30. The van der Waals surface area contributed by atoms with Gasteiger partial charge in [-0.2, -0.15) is 4.80 Å². The Morgan fingerprint density at radius 2 is 1.97 bits per heavy atom. The number of carbonyl (C=O) groups is 2. The molecule has 2 N–H and O–H groups in total. The molecule has 0 spiro atoms.